The van der Waals surface area contributed by atoms with Gasteiger partial charge in [0.05, 0.1) is 23.4 Å². The highest BCUT2D eigenvalue weighted by atomic mass is 79.9. The van der Waals surface area contributed by atoms with Crippen molar-refractivity contribution in [3.05, 3.63) is 22.6 Å². The van der Waals surface area contributed by atoms with Crippen LogP contribution in [0.2, 0.25) is 0 Å². The van der Waals surface area contributed by atoms with Crippen LogP contribution in [0.15, 0.2) is 16.7 Å². The van der Waals surface area contributed by atoms with Crippen LogP contribution in [0.4, 0.5) is 10.2 Å². The SMILES string of the molecule is O=C(COCC1CCCO1)Nc1ncc(F)cc1Br. The predicted molar refractivity (Wildman–Crippen MR) is 70.3 cm³/mol. The molecule has 2 rings (SSSR count). The molecule has 1 atom stereocenters. The van der Waals surface area contributed by atoms with Gasteiger partial charge in [-0.3, -0.25) is 4.79 Å². The number of halogens is 2. The molecular formula is C12H14BrFN2O3. The van der Waals surface area contributed by atoms with Crippen LogP contribution in [0, 0.1) is 5.82 Å². The molecule has 0 aliphatic carbocycles. The first-order chi connectivity index (χ1) is 9.15. The molecule has 5 nitrogen and oxygen atoms in total. The Morgan fingerprint density at radius 3 is 3.21 bits per heavy atom. The van der Waals surface area contributed by atoms with Crippen LogP contribution in [0.5, 0.6) is 0 Å². The molecule has 1 aliphatic heterocycles. The third-order valence-electron chi connectivity index (χ3n) is 2.63. The highest BCUT2D eigenvalue weighted by Gasteiger charge is 2.16. The molecular weight excluding hydrogens is 319 g/mol. The minimum atomic E-state index is -0.473. The Balaban J connectivity index is 1.74. The maximum absolute atomic E-state index is 12.8. The maximum Gasteiger partial charge on any atom is 0.251 e. The number of pyridine rings is 1. The molecule has 0 aromatic carbocycles. The van der Waals surface area contributed by atoms with E-state index in [0.717, 1.165) is 25.6 Å². The number of rotatable bonds is 5. The van der Waals surface area contributed by atoms with E-state index >= 15 is 0 Å². The third kappa shape index (κ3) is 4.52. The number of anilines is 1. The van der Waals surface area contributed by atoms with E-state index in [0.29, 0.717) is 11.1 Å². The first-order valence-electron chi connectivity index (χ1n) is 5.95. The summed E-state index contributed by atoms with van der Waals surface area (Å²) < 4.78 is 23.8. The number of aromatic nitrogens is 1. The van der Waals surface area contributed by atoms with Crippen molar-refractivity contribution in [3.63, 3.8) is 0 Å². The zero-order chi connectivity index (χ0) is 13.7. The summed E-state index contributed by atoms with van der Waals surface area (Å²) >= 11 is 3.12. The number of carbonyl (C=O) groups excluding carboxylic acids is 1. The first kappa shape index (κ1) is 14.4. The van der Waals surface area contributed by atoms with E-state index in [1.165, 1.54) is 6.07 Å². The zero-order valence-corrected chi connectivity index (χ0v) is 11.8. The Bertz CT molecular complexity index is 453. The fourth-order valence-corrected chi connectivity index (χ4v) is 2.15. The van der Waals surface area contributed by atoms with Gasteiger partial charge in [-0.2, -0.15) is 0 Å². The lowest BCUT2D eigenvalue weighted by atomic mass is 10.2. The van der Waals surface area contributed by atoms with E-state index in [1.54, 1.807) is 0 Å². The molecule has 1 aliphatic rings. The highest BCUT2D eigenvalue weighted by molar-refractivity contribution is 9.10. The van der Waals surface area contributed by atoms with Gasteiger partial charge in [-0.1, -0.05) is 0 Å². The Kier molecular flexibility index (Phi) is 5.24. The van der Waals surface area contributed by atoms with Crippen molar-refractivity contribution < 1.29 is 18.7 Å². The average molecular weight is 333 g/mol. The molecule has 0 bridgehead atoms. The van der Waals surface area contributed by atoms with E-state index in [-0.39, 0.29) is 24.4 Å². The summed E-state index contributed by atoms with van der Waals surface area (Å²) in [5.74, 6) is -0.538. The Labute approximate surface area is 118 Å². The highest BCUT2D eigenvalue weighted by Crippen LogP contribution is 2.20. The van der Waals surface area contributed by atoms with Gasteiger partial charge in [0.15, 0.2) is 0 Å². The second kappa shape index (κ2) is 6.93. The van der Waals surface area contributed by atoms with E-state index in [9.17, 15) is 9.18 Å². The third-order valence-corrected chi connectivity index (χ3v) is 3.23. The first-order valence-corrected chi connectivity index (χ1v) is 6.74. The molecule has 1 amide bonds. The number of nitrogens with zero attached hydrogens (tertiary/aromatic N) is 1. The fourth-order valence-electron chi connectivity index (χ4n) is 1.73. The van der Waals surface area contributed by atoms with Gasteiger partial charge in [-0.15, -0.1) is 0 Å². The fraction of sp³-hybridized carbons (Fsp3) is 0.500. The normalized spacial score (nSPS) is 18.5. The van der Waals surface area contributed by atoms with Gasteiger partial charge in [0.2, 0.25) is 0 Å². The van der Waals surface area contributed by atoms with E-state index in [1.807, 2.05) is 0 Å². The second-order valence-corrected chi connectivity index (χ2v) is 5.04. The predicted octanol–water partition coefficient (Wildman–Crippen LogP) is 2.12. The van der Waals surface area contributed by atoms with Crippen LogP contribution < -0.4 is 5.32 Å². The molecule has 1 N–H and O–H groups in total. The lowest BCUT2D eigenvalue weighted by Crippen LogP contribution is -2.23. The van der Waals surface area contributed by atoms with Crippen molar-refractivity contribution in [2.45, 2.75) is 18.9 Å². The van der Waals surface area contributed by atoms with E-state index in [4.69, 9.17) is 9.47 Å². The van der Waals surface area contributed by atoms with Crippen LogP contribution in [0.3, 0.4) is 0 Å². The molecule has 0 saturated carbocycles. The molecule has 19 heavy (non-hydrogen) atoms. The molecule has 1 unspecified atom stereocenters. The van der Waals surface area contributed by atoms with Gasteiger partial charge in [0.1, 0.15) is 18.2 Å². The summed E-state index contributed by atoms with van der Waals surface area (Å²) in [6.07, 6.45) is 3.12. The number of nitrogens with one attached hydrogen (secondary N) is 1. The average Bonchev–Trinajstić information content (AvgIpc) is 2.86. The van der Waals surface area contributed by atoms with Gasteiger partial charge in [-0.25, -0.2) is 9.37 Å². The maximum atomic E-state index is 12.8. The monoisotopic (exact) mass is 332 g/mol. The molecule has 7 heteroatoms. The van der Waals surface area contributed by atoms with Crippen LogP contribution in [0.25, 0.3) is 0 Å². The van der Waals surface area contributed by atoms with Gasteiger partial charge in [0.25, 0.3) is 5.91 Å². The number of carbonyl (C=O) groups is 1. The zero-order valence-electron chi connectivity index (χ0n) is 10.2. The standard InChI is InChI=1S/C12H14BrFN2O3/c13-10-4-8(14)5-15-12(10)16-11(17)7-18-6-9-2-1-3-19-9/h4-5,9H,1-3,6-7H2,(H,15,16,17). The Morgan fingerprint density at radius 1 is 1.68 bits per heavy atom. The van der Waals surface area contributed by atoms with E-state index < -0.39 is 5.82 Å². The van der Waals surface area contributed by atoms with Gasteiger partial charge in [-0.05, 0) is 34.8 Å². The Morgan fingerprint density at radius 2 is 2.53 bits per heavy atom. The summed E-state index contributed by atoms with van der Waals surface area (Å²) in [5.41, 5.74) is 0. The number of hydrogen-bond acceptors (Lipinski definition) is 4. The largest absolute Gasteiger partial charge is 0.376 e. The molecule has 0 radical (unpaired) electrons. The summed E-state index contributed by atoms with van der Waals surface area (Å²) in [4.78, 5) is 15.4. The summed E-state index contributed by atoms with van der Waals surface area (Å²) in [7, 11) is 0. The number of amides is 1. The van der Waals surface area contributed by atoms with Crippen LogP contribution in [-0.2, 0) is 14.3 Å². The summed E-state index contributed by atoms with van der Waals surface area (Å²) in [6, 6.07) is 1.23. The van der Waals surface area contributed by atoms with Crippen molar-refractivity contribution in [1.82, 2.24) is 4.98 Å². The number of ether oxygens (including phenoxy) is 2. The minimum absolute atomic E-state index is 0.0780. The molecule has 2 heterocycles. The van der Waals surface area contributed by atoms with Crippen molar-refractivity contribution in [3.8, 4) is 0 Å². The van der Waals surface area contributed by atoms with Crippen molar-refractivity contribution in [1.29, 1.82) is 0 Å². The lowest BCUT2D eigenvalue weighted by Gasteiger charge is -2.10. The summed E-state index contributed by atoms with van der Waals surface area (Å²) in [5, 5.41) is 2.53. The van der Waals surface area contributed by atoms with Crippen molar-refractivity contribution in [2.24, 2.45) is 0 Å². The van der Waals surface area contributed by atoms with Gasteiger partial charge >= 0.3 is 0 Å². The van der Waals surface area contributed by atoms with E-state index in [2.05, 4.69) is 26.2 Å². The van der Waals surface area contributed by atoms with Gasteiger partial charge in [0, 0.05) is 6.61 Å². The smallest absolute Gasteiger partial charge is 0.251 e. The van der Waals surface area contributed by atoms with Gasteiger partial charge < -0.3 is 14.8 Å². The minimum Gasteiger partial charge on any atom is -0.376 e. The second-order valence-electron chi connectivity index (χ2n) is 4.18. The topological polar surface area (TPSA) is 60.5 Å². The van der Waals surface area contributed by atoms with Crippen LogP contribution in [0.1, 0.15) is 12.8 Å². The molecule has 1 aromatic heterocycles. The quantitative estimate of drug-likeness (QED) is 0.897. The van der Waals surface area contributed by atoms with Crippen molar-refractivity contribution >= 4 is 27.7 Å². The molecule has 0 spiro atoms. The van der Waals surface area contributed by atoms with Crippen LogP contribution in [-0.4, -0.2) is 36.8 Å². The van der Waals surface area contributed by atoms with Crippen LogP contribution >= 0.6 is 15.9 Å². The lowest BCUT2D eigenvalue weighted by molar-refractivity contribution is -0.121. The molecule has 1 saturated heterocycles. The molecule has 1 aromatic rings. The molecule has 104 valence electrons. The summed E-state index contributed by atoms with van der Waals surface area (Å²) in [6.45, 7) is 1.09. The molecule has 1 fully saturated rings. The Hall–Kier alpha value is -1.05. The number of hydrogen-bond donors (Lipinski definition) is 1. The van der Waals surface area contributed by atoms with Crippen molar-refractivity contribution in [2.75, 3.05) is 25.1 Å².